The highest BCUT2D eigenvalue weighted by Crippen LogP contribution is 2.33. The number of aromatic nitrogens is 2. The van der Waals surface area contributed by atoms with Crippen molar-refractivity contribution in [2.75, 3.05) is 12.9 Å². The molecule has 0 bridgehead atoms. The molecule has 0 fully saturated rings. The third-order valence-electron chi connectivity index (χ3n) is 2.69. The van der Waals surface area contributed by atoms with Crippen LogP contribution in [0.4, 0.5) is 0 Å². The second-order valence-corrected chi connectivity index (χ2v) is 5.71. The Kier molecular flexibility index (Phi) is 5.21. The van der Waals surface area contributed by atoms with Crippen LogP contribution in [-0.4, -0.2) is 22.8 Å². The summed E-state index contributed by atoms with van der Waals surface area (Å²) in [6.07, 6.45) is 1.77. The van der Waals surface area contributed by atoms with Crippen molar-refractivity contribution in [2.24, 2.45) is 0 Å². The lowest BCUT2D eigenvalue weighted by atomic mass is 10.1. The summed E-state index contributed by atoms with van der Waals surface area (Å²) in [5.74, 6) is 0.381. The van der Waals surface area contributed by atoms with Gasteiger partial charge in [-0.2, -0.15) is 10.5 Å². The lowest BCUT2D eigenvalue weighted by Crippen LogP contribution is -2.15. The highest BCUT2D eigenvalue weighted by Gasteiger charge is 2.17. The van der Waals surface area contributed by atoms with Gasteiger partial charge in [-0.15, -0.1) is 0 Å². The van der Waals surface area contributed by atoms with E-state index in [9.17, 15) is 10.1 Å². The summed E-state index contributed by atoms with van der Waals surface area (Å²) in [7, 11) is 0. The van der Waals surface area contributed by atoms with E-state index in [0.717, 1.165) is 4.47 Å². The zero-order chi connectivity index (χ0) is 16.1. The van der Waals surface area contributed by atoms with Crippen molar-refractivity contribution in [1.29, 1.82) is 10.5 Å². The maximum absolute atomic E-state index is 12.0. The number of rotatable bonds is 4. The summed E-state index contributed by atoms with van der Waals surface area (Å²) in [6, 6.07) is 8.83. The molecule has 2 rings (SSSR count). The van der Waals surface area contributed by atoms with Crippen LogP contribution in [0.25, 0.3) is 11.3 Å². The van der Waals surface area contributed by atoms with E-state index in [0.29, 0.717) is 16.5 Å². The van der Waals surface area contributed by atoms with Gasteiger partial charge in [0, 0.05) is 10.0 Å². The molecule has 0 unspecified atom stereocenters. The Morgan fingerprint density at radius 3 is 2.86 bits per heavy atom. The largest absolute Gasteiger partial charge is 0.478 e. The predicted octanol–water partition coefficient (Wildman–Crippen LogP) is 2.70. The van der Waals surface area contributed by atoms with E-state index in [-0.39, 0.29) is 17.9 Å². The number of benzene rings is 1. The van der Waals surface area contributed by atoms with Gasteiger partial charge in [-0.1, -0.05) is 27.7 Å². The van der Waals surface area contributed by atoms with Crippen molar-refractivity contribution in [3.63, 3.8) is 0 Å². The Morgan fingerprint density at radius 2 is 2.23 bits per heavy atom. The van der Waals surface area contributed by atoms with Gasteiger partial charge in [0.2, 0.25) is 0 Å². The van der Waals surface area contributed by atoms with E-state index >= 15 is 0 Å². The minimum atomic E-state index is -0.511. The Hall–Kier alpha value is -2.29. The Morgan fingerprint density at radius 1 is 1.45 bits per heavy atom. The summed E-state index contributed by atoms with van der Waals surface area (Å²) in [5, 5.41) is 18.3. The Bertz CT molecular complexity index is 851. The SMILES string of the molecule is CSc1nc(-c2cc(Br)ccc2OCC#N)c(C#N)c(=O)[nH]1. The van der Waals surface area contributed by atoms with Gasteiger partial charge in [-0.3, -0.25) is 4.79 Å². The predicted molar refractivity (Wildman–Crippen MR) is 85.6 cm³/mol. The molecule has 0 saturated carbocycles. The first kappa shape index (κ1) is 16.1. The fraction of sp³-hybridized carbons (Fsp3) is 0.143. The van der Waals surface area contributed by atoms with E-state index in [4.69, 9.17) is 10.00 Å². The van der Waals surface area contributed by atoms with Crippen LogP contribution in [0.1, 0.15) is 5.56 Å². The third-order valence-corrected chi connectivity index (χ3v) is 3.77. The van der Waals surface area contributed by atoms with E-state index in [1.54, 1.807) is 24.5 Å². The smallest absolute Gasteiger partial charge is 0.270 e. The number of H-pyrrole nitrogens is 1. The maximum atomic E-state index is 12.0. The molecule has 110 valence electrons. The van der Waals surface area contributed by atoms with Gasteiger partial charge >= 0.3 is 0 Å². The summed E-state index contributed by atoms with van der Waals surface area (Å²) >= 11 is 4.60. The number of thioether (sulfide) groups is 1. The average Bonchev–Trinajstić information content (AvgIpc) is 2.52. The van der Waals surface area contributed by atoms with Crippen molar-refractivity contribution in [2.45, 2.75) is 5.16 Å². The fourth-order valence-corrected chi connectivity index (χ4v) is 2.51. The van der Waals surface area contributed by atoms with E-state index in [2.05, 4.69) is 25.9 Å². The quantitative estimate of drug-likeness (QED) is 0.649. The molecule has 0 spiro atoms. The van der Waals surface area contributed by atoms with Crippen LogP contribution in [0.2, 0.25) is 0 Å². The number of nitrogens with one attached hydrogen (secondary N) is 1. The number of aromatic amines is 1. The standard InChI is InChI=1S/C14H9BrN4O2S/c1-22-14-18-12(10(7-17)13(20)19-14)9-6-8(15)2-3-11(9)21-5-4-16/h2-3,6H,5H2,1H3,(H,18,19,20). The van der Waals surface area contributed by atoms with Crippen LogP contribution >= 0.6 is 27.7 Å². The number of nitrogens with zero attached hydrogens (tertiary/aromatic N) is 3. The van der Waals surface area contributed by atoms with Crippen molar-refractivity contribution in [3.8, 4) is 29.1 Å². The van der Waals surface area contributed by atoms with Crippen molar-refractivity contribution >= 4 is 27.7 Å². The molecule has 0 saturated heterocycles. The molecular formula is C14H9BrN4O2S. The first-order valence-electron chi connectivity index (χ1n) is 5.98. The van der Waals surface area contributed by atoms with Gasteiger partial charge in [-0.25, -0.2) is 4.98 Å². The zero-order valence-electron chi connectivity index (χ0n) is 11.4. The molecule has 0 aliphatic rings. The average molecular weight is 377 g/mol. The second-order valence-electron chi connectivity index (χ2n) is 4.00. The van der Waals surface area contributed by atoms with Gasteiger partial charge < -0.3 is 9.72 Å². The highest BCUT2D eigenvalue weighted by atomic mass is 79.9. The van der Waals surface area contributed by atoms with Crippen molar-refractivity contribution in [1.82, 2.24) is 9.97 Å². The van der Waals surface area contributed by atoms with Gasteiger partial charge in [0.1, 0.15) is 29.1 Å². The first-order chi connectivity index (χ1) is 10.6. The van der Waals surface area contributed by atoms with Crippen LogP contribution in [0.15, 0.2) is 32.6 Å². The zero-order valence-corrected chi connectivity index (χ0v) is 13.8. The monoisotopic (exact) mass is 376 g/mol. The lowest BCUT2D eigenvalue weighted by molar-refractivity contribution is 0.369. The number of hydrogen-bond acceptors (Lipinski definition) is 6. The van der Waals surface area contributed by atoms with Gasteiger partial charge in [0.15, 0.2) is 11.8 Å². The number of halogens is 1. The molecule has 1 aromatic heterocycles. The Balaban J connectivity index is 2.73. The molecule has 2 aromatic rings. The topological polar surface area (TPSA) is 103 Å². The minimum Gasteiger partial charge on any atom is -0.478 e. The second kappa shape index (κ2) is 7.12. The summed E-state index contributed by atoms with van der Waals surface area (Å²) in [6.45, 7) is -0.144. The van der Waals surface area contributed by atoms with Gasteiger partial charge in [0.25, 0.3) is 5.56 Å². The molecule has 0 aliphatic carbocycles. The molecule has 1 N–H and O–H groups in total. The Labute approximate surface area is 138 Å². The number of hydrogen-bond donors (Lipinski definition) is 1. The number of nitriles is 2. The highest BCUT2D eigenvalue weighted by molar-refractivity contribution is 9.10. The van der Waals surface area contributed by atoms with Crippen LogP contribution in [0.3, 0.4) is 0 Å². The molecule has 22 heavy (non-hydrogen) atoms. The van der Waals surface area contributed by atoms with Gasteiger partial charge in [0.05, 0.1) is 0 Å². The van der Waals surface area contributed by atoms with Gasteiger partial charge in [-0.05, 0) is 24.5 Å². The maximum Gasteiger partial charge on any atom is 0.270 e. The van der Waals surface area contributed by atoms with Crippen molar-refractivity contribution < 1.29 is 4.74 Å². The lowest BCUT2D eigenvalue weighted by Gasteiger charge is -2.11. The molecule has 0 radical (unpaired) electrons. The van der Waals surface area contributed by atoms with Crippen LogP contribution in [0.5, 0.6) is 5.75 Å². The van der Waals surface area contributed by atoms with Crippen LogP contribution in [-0.2, 0) is 0 Å². The summed E-state index contributed by atoms with van der Waals surface area (Å²) < 4.78 is 6.10. The normalized spacial score (nSPS) is 9.82. The minimum absolute atomic E-state index is 0.0993. The van der Waals surface area contributed by atoms with E-state index < -0.39 is 5.56 Å². The summed E-state index contributed by atoms with van der Waals surface area (Å²) in [4.78, 5) is 18.8. The molecule has 0 aliphatic heterocycles. The molecule has 0 amide bonds. The number of ether oxygens (including phenoxy) is 1. The van der Waals surface area contributed by atoms with E-state index in [1.807, 2.05) is 12.1 Å². The fourth-order valence-electron chi connectivity index (χ4n) is 1.77. The van der Waals surface area contributed by atoms with Crippen LogP contribution < -0.4 is 10.3 Å². The molecule has 6 nitrogen and oxygen atoms in total. The molecule has 1 heterocycles. The molecule has 1 aromatic carbocycles. The third kappa shape index (κ3) is 3.30. The molecule has 8 heteroatoms. The summed E-state index contributed by atoms with van der Waals surface area (Å²) in [5.41, 5.74) is 0.0909. The first-order valence-corrected chi connectivity index (χ1v) is 8.00. The molecular weight excluding hydrogens is 368 g/mol. The van der Waals surface area contributed by atoms with E-state index in [1.165, 1.54) is 11.8 Å². The van der Waals surface area contributed by atoms with Crippen LogP contribution in [0, 0.1) is 22.7 Å². The van der Waals surface area contributed by atoms with Crippen molar-refractivity contribution in [3.05, 3.63) is 38.6 Å². The molecule has 0 atom stereocenters.